The van der Waals surface area contributed by atoms with Gasteiger partial charge in [0.15, 0.2) is 0 Å². The lowest BCUT2D eigenvalue weighted by Gasteiger charge is -2.41. The number of aliphatic carboxylic acids is 1. The van der Waals surface area contributed by atoms with Crippen molar-refractivity contribution in [1.82, 2.24) is 10.2 Å². The summed E-state index contributed by atoms with van der Waals surface area (Å²) in [7, 11) is 0. The highest BCUT2D eigenvalue weighted by molar-refractivity contribution is 5.76. The van der Waals surface area contributed by atoms with Gasteiger partial charge in [0.25, 0.3) is 0 Å². The van der Waals surface area contributed by atoms with Gasteiger partial charge in [0.1, 0.15) is 0 Å². The number of hydrogen-bond acceptors (Lipinski definition) is 2. The number of hydrogen-bond donors (Lipinski definition) is 2. The molecule has 0 spiro atoms. The molecule has 1 heterocycles. The molecule has 0 aromatic heterocycles. The first-order valence-corrected chi connectivity index (χ1v) is 5.36. The number of nitrogens with one attached hydrogen (secondary N) is 1. The lowest BCUT2D eigenvalue weighted by atomic mass is 9.87. The van der Waals surface area contributed by atoms with E-state index in [2.05, 4.69) is 5.32 Å². The average molecular weight is 212 g/mol. The second-order valence-corrected chi connectivity index (χ2v) is 4.52. The number of rotatable bonds is 3. The third-order valence-corrected chi connectivity index (χ3v) is 3.20. The second-order valence-electron chi connectivity index (χ2n) is 4.52. The van der Waals surface area contributed by atoms with Crippen molar-refractivity contribution in [3.63, 3.8) is 0 Å². The molecule has 2 aliphatic rings. The van der Waals surface area contributed by atoms with E-state index in [0.29, 0.717) is 19.1 Å². The fraction of sp³-hybridized carbons (Fsp3) is 0.800. The Morgan fingerprint density at radius 1 is 1.40 bits per heavy atom. The van der Waals surface area contributed by atoms with Crippen molar-refractivity contribution in [2.75, 3.05) is 13.1 Å². The molecule has 5 heteroatoms. The SMILES string of the molecule is CC(C(=O)O)C1CN(C(=O)NC2CC2)C1. The zero-order valence-electron chi connectivity index (χ0n) is 8.77. The number of carbonyl (C=O) groups excluding carboxylic acids is 1. The van der Waals surface area contributed by atoms with E-state index in [1.165, 1.54) is 0 Å². The van der Waals surface area contributed by atoms with E-state index in [4.69, 9.17) is 5.11 Å². The molecular weight excluding hydrogens is 196 g/mol. The Bertz CT molecular complexity index is 282. The van der Waals surface area contributed by atoms with Crippen LogP contribution in [0.1, 0.15) is 19.8 Å². The molecule has 1 saturated heterocycles. The molecule has 1 atom stereocenters. The maximum atomic E-state index is 11.5. The molecule has 1 aliphatic heterocycles. The van der Waals surface area contributed by atoms with Crippen LogP contribution in [0, 0.1) is 11.8 Å². The van der Waals surface area contributed by atoms with Gasteiger partial charge in [0.05, 0.1) is 5.92 Å². The van der Waals surface area contributed by atoms with Crippen LogP contribution in [0.25, 0.3) is 0 Å². The summed E-state index contributed by atoms with van der Waals surface area (Å²) in [5.41, 5.74) is 0. The van der Waals surface area contributed by atoms with E-state index in [1.54, 1.807) is 11.8 Å². The molecule has 84 valence electrons. The highest BCUT2D eigenvalue weighted by atomic mass is 16.4. The quantitative estimate of drug-likeness (QED) is 0.716. The molecule has 1 unspecified atom stereocenters. The maximum Gasteiger partial charge on any atom is 0.317 e. The number of nitrogens with zero attached hydrogens (tertiary/aromatic N) is 1. The Balaban J connectivity index is 1.72. The van der Waals surface area contributed by atoms with Crippen LogP contribution in [0.2, 0.25) is 0 Å². The molecule has 1 aliphatic carbocycles. The standard InChI is InChI=1S/C10H16N2O3/c1-6(9(13)14)7-4-12(5-7)10(15)11-8-2-3-8/h6-8H,2-5H2,1H3,(H,11,15)(H,13,14). The minimum atomic E-state index is -0.776. The average Bonchev–Trinajstić information content (AvgIpc) is 2.84. The predicted molar refractivity (Wildman–Crippen MR) is 53.4 cm³/mol. The Morgan fingerprint density at radius 2 is 2.00 bits per heavy atom. The summed E-state index contributed by atoms with van der Waals surface area (Å²) in [6.45, 7) is 2.85. The fourth-order valence-corrected chi connectivity index (χ4v) is 1.69. The zero-order valence-corrected chi connectivity index (χ0v) is 8.77. The van der Waals surface area contributed by atoms with Crippen LogP contribution >= 0.6 is 0 Å². The summed E-state index contributed by atoms with van der Waals surface area (Å²) in [6, 6.07) is 0.333. The van der Waals surface area contributed by atoms with E-state index >= 15 is 0 Å². The van der Waals surface area contributed by atoms with Crippen molar-refractivity contribution in [1.29, 1.82) is 0 Å². The summed E-state index contributed by atoms with van der Waals surface area (Å²) in [5, 5.41) is 11.7. The van der Waals surface area contributed by atoms with Crippen LogP contribution in [0.15, 0.2) is 0 Å². The molecule has 2 fully saturated rings. The molecule has 5 nitrogen and oxygen atoms in total. The second kappa shape index (κ2) is 3.72. The van der Waals surface area contributed by atoms with E-state index in [9.17, 15) is 9.59 Å². The third kappa shape index (κ3) is 2.22. The number of likely N-dealkylation sites (tertiary alicyclic amines) is 1. The summed E-state index contributed by atoms with van der Waals surface area (Å²) < 4.78 is 0. The highest BCUT2D eigenvalue weighted by Crippen LogP contribution is 2.25. The molecule has 2 N–H and O–H groups in total. The van der Waals surface area contributed by atoms with Gasteiger partial charge in [-0.2, -0.15) is 0 Å². The maximum absolute atomic E-state index is 11.5. The van der Waals surface area contributed by atoms with Crippen LogP contribution in [0.3, 0.4) is 0 Å². The Kier molecular flexibility index (Phi) is 2.54. The molecule has 0 radical (unpaired) electrons. The summed E-state index contributed by atoms with van der Waals surface area (Å²) in [5.74, 6) is -1.01. The number of urea groups is 1. The van der Waals surface area contributed by atoms with E-state index < -0.39 is 5.97 Å². The van der Waals surface area contributed by atoms with Gasteiger partial charge >= 0.3 is 12.0 Å². The van der Waals surface area contributed by atoms with Crippen LogP contribution < -0.4 is 5.32 Å². The number of carbonyl (C=O) groups is 2. The van der Waals surface area contributed by atoms with Gasteiger partial charge in [-0.15, -0.1) is 0 Å². The van der Waals surface area contributed by atoms with Gasteiger partial charge in [0.2, 0.25) is 0 Å². The van der Waals surface area contributed by atoms with Crippen LogP contribution in [0.5, 0.6) is 0 Å². The van der Waals surface area contributed by atoms with E-state index in [-0.39, 0.29) is 17.9 Å². The Morgan fingerprint density at radius 3 is 2.47 bits per heavy atom. The molecule has 15 heavy (non-hydrogen) atoms. The summed E-state index contributed by atoms with van der Waals surface area (Å²) >= 11 is 0. The minimum Gasteiger partial charge on any atom is -0.481 e. The summed E-state index contributed by atoms with van der Waals surface area (Å²) in [6.07, 6.45) is 2.16. The van der Waals surface area contributed by atoms with E-state index in [0.717, 1.165) is 12.8 Å². The van der Waals surface area contributed by atoms with E-state index in [1.807, 2.05) is 0 Å². The molecular formula is C10H16N2O3. The molecule has 2 amide bonds. The highest BCUT2D eigenvalue weighted by Gasteiger charge is 2.38. The topological polar surface area (TPSA) is 69.6 Å². The van der Waals surface area contributed by atoms with Crippen molar-refractivity contribution >= 4 is 12.0 Å². The number of carboxylic acid groups (broad SMARTS) is 1. The van der Waals surface area contributed by atoms with Gasteiger partial charge in [-0.3, -0.25) is 4.79 Å². The lowest BCUT2D eigenvalue weighted by Crippen LogP contribution is -2.56. The van der Waals surface area contributed by atoms with Crippen molar-refractivity contribution in [3.05, 3.63) is 0 Å². The van der Waals surface area contributed by atoms with Gasteiger partial charge < -0.3 is 15.3 Å². The van der Waals surface area contributed by atoms with Crippen molar-refractivity contribution in [3.8, 4) is 0 Å². The number of carboxylic acids is 1. The largest absolute Gasteiger partial charge is 0.481 e. The third-order valence-electron chi connectivity index (χ3n) is 3.20. The molecule has 0 bridgehead atoms. The van der Waals surface area contributed by atoms with Crippen LogP contribution in [-0.4, -0.2) is 41.1 Å². The Hall–Kier alpha value is -1.26. The summed E-state index contributed by atoms with van der Waals surface area (Å²) in [4.78, 5) is 23.8. The van der Waals surface area contributed by atoms with Crippen LogP contribution in [0.4, 0.5) is 4.79 Å². The first kappa shape index (κ1) is 10.3. The molecule has 0 aromatic carbocycles. The zero-order chi connectivity index (χ0) is 11.0. The van der Waals surface area contributed by atoms with Crippen molar-refractivity contribution in [2.45, 2.75) is 25.8 Å². The number of amides is 2. The normalized spacial score (nSPS) is 23.1. The molecule has 1 saturated carbocycles. The first-order chi connectivity index (χ1) is 7.08. The van der Waals surface area contributed by atoms with Crippen molar-refractivity contribution in [2.24, 2.45) is 11.8 Å². The fourth-order valence-electron chi connectivity index (χ4n) is 1.69. The van der Waals surface area contributed by atoms with Gasteiger partial charge in [-0.05, 0) is 12.8 Å². The van der Waals surface area contributed by atoms with Crippen LogP contribution in [-0.2, 0) is 4.79 Å². The Labute approximate surface area is 88.4 Å². The molecule has 0 aromatic rings. The predicted octanol–water partition coefficient (Wildman–Crippen LogP) is 0.511. The monoisotopic (exact) mass is 212 g/mol. The first-order valence-electron chi connectivity index (χ1n) is 5.36. The van der Waals surface area contributed by atoms with Gasteiger partial charge in [-0.25, -0.2) is 4.79 Å². The van der Waals surface area contributed by atoms with Gasteiger partial charge in [0, 0.05) is 25.0 Å². The minimum absolute atomic E-state index is 0.0358. The molecule has 2 rings (SSSR count). The smallest absolute Gasteiger partial charge is 0.317 e. The lowest BCUT2D eigenvalue weighted by molar-refractivity contribution is -0.144. The van der Waals surface area contributed by atoms with Gasteiger partial charge in [-0.1, -0.05) is 6.92 Å². The van der Waals surface area contributed by atoms with Crippen molar-refractivity contribution < 1.29 is 14.7 Å².